The van der Waals surface area contributed by atoms with Crippen molar-refractivity contribution >= 4 is 28.6 Å². The molecule has 3 rings (SSSR count). The number of halogens is 1. The molecule has 0 aliphatic heterocycles. The number of carbonyl (C=O) groups is 1. The molecule has 2 heterocycles. The largest absolute Gasteiger partial charge is 0.444 e. The topological polar surface area (TPSA) is 102 Å². The molecule has 0 radical (unpaired) electrons. The van der Waals surface area contributed by atoms with E-state index in [1.807, 2.05) is 0 Å². The quantitative estimate of drug-likeness (QED) is 0.695. The van der Waals surface area contributed by atoms with Crippen LogP contribution in [-0.2, 0) is 11.3 Å². The summed E-state index contributed by atoms with van der Waals surface area (Å²) in [5.41, 5.74) is 0.259. The zero-order valence-electron chi connectivity index (χ0n) is 16.1. The third kappa shape index (κ3) is 4.33. The van der Waals surface area contributed by atoms with Gasteiger partial charge in [-0.2, -0.15) is 5.10 Å². The van der Waals surface area contributed by atoms with E-state index in [4.69, 9.17) is 16.3 Å². The smallest absolute Gasteiger partial charge is 0.408 e. The predicted molar refractivity (Wildman–Crippen MR) is 106 cm³/mol. The number of nitrogens with zero attached hydrogens (tertiary/aromatic N) is 3. The Kier molecular flexibility index (Phi) is 5.42. The van der Waals surface area contributed by atoms with Gasteiger partial charge in [0.2, 0.25) is 0 Å². The van der Waals surface area contributed by atoms with Crippen molar-refractivity contribution in [3.63, 3.8) is 0 Å². The van der Waals surface area contributed by atoms with Gasteiger partial charge in [0.1, 0.15) is 11.4 Å². The van der Waals surface area contributed by atoms with Crippen molar-refractivity contribution < 1.29 is 9.53 Å². The number of ether oxygens (including phenoxy) is 1. The first-order valence-electron chi connectivity index (χ1n) is 8.82. The second kappa shape index (κ2) is 7.63. The van der Waals surface area contributed by atoms with Crippen LogP contribution in [0.5, 0.6) is 0 Å². The van der Waals surface area contributed by atoms with E-state index < -0.39 is 17.7 Å². The highest BCUT2D eigenvalue weighted by Gasteiger charge is 2.23. The Balaban J connectivity index is 2.06. The molecule has 0 unspecified atom stereocenters. The van der Waals surface area contributed by atoms with Gasteiger partial charge in [-0.3, -0.25) is 14.5 Å². The highest BCUT2D eigenvalue weighted by Crippen LogP contribution is 2.21. The van der Waals surface area contributed by atoms with Crippen molar-refractivity contribution in [3.05, 3.63) is 57.4 Å². The predicted octanol–water partition coefficient (Wildman–Crippen LogP) is 3.41. The third-order valence-corrected chi connectivity index (χ3v) is 4.28. The fraction of sp³-hybridized carbons (Fsp3) is 0.368. The molecular weight excluding hydrogens is 382 g/mol. The number of amides is 1. The molecule has 9 heteroatoms. The summed E-state index contributed by atoms with van der Waals surface area (Å²) < 4.78 is 6.79. The minimum Gasteiger partial charge on any atom is -0.444 e. The molecule has 0 saturated carbocycles. The third-order valence-electron chi connectivity index (χ3n) is 3.97. The Morgan fingerprint density at radius 3 is 2.75 bits per heavy atom. The number of alkyl carbamates (subject to hydrolysis) is 1. The molecule has 28 heavy (non-hydrogen) atoms. The summed E-state index contributed by atoms with van der Waals surface area (Å²) in [6.07, 6.45) is 1.01. The molecule has 0 spiro atoms. The summed E-state index contributed by atoms with van der Waals surface area (Å²) >= 11 is 6.24. The van der Waals surface area contributed by atoms with Crippen LogP contribution in [0.15, 0.2) is 35.3 Å². The lowest BCUT2D eigenvalue weighted by atomic mass is 10.2. The monoisotopic (exact) mass is 403 g/mol. The molecule has 1 amide bonds. The molecule has 3 aromatic rings. The van der Waals surface area contributed by atoms with Gasteiger partial charge in [-0.15, -0.1) is 0 Å². The van der Waals surface area contributed by atoms with Gasteiger partial charge in [-0.05, 0) is 45.9 Å². The second-order valence-corrected chi connectivity index (χ2v) is 7.85. The number of aromatic amines is 1. The number of hydrogen-bond acceptors (Lipinski definition) is 5. The first-order valence-corrected chi connectivity index (χ1v) is 9.20. The van der Waals surface area contributed by atoms with Crippen molar-refractivity contribution in [2.45, 2.75) is 45.9 Å². The Hall–Kier alpha value is -2.87. The van der Waals surface area contributed by atoms with Gasteiger partial charge in [-0.25, -0.2) is 9.78 Å². The number of fused-ring (bicyclic) bond motifs is 1. The molecule has 2 aromatic heterocycles. The van der Waals surface area contributed by atoms with E-state index in [0.29, 0.717) is 21.7 Å². The molecule has 0 aliphatic carbocycles. The van der Waals surface area contributed by atoms with E-state index in [0.717, 1.165) is 5.69 Å². The van der Waals surface area contributed by atoms with Crippen LogP contribution in [0.2, 0.25) is 5.02 Å². The van der Waals surface area contributed by atoms with Crippen LogP contribution >= 0.6 is 11.6 Å². The zero-order valence-corrected chi connectivity index (χ0v) is 16.9. The summed E-state index contributed by atoms with van der Waals surface area (Å²) in [5, 5.41) is 10.1. The van der Waals surface area contributed by atoms with Gasteiger partial charge in [0, 0.05) is 6.20 Å². The molecule has 148 valence electrons. The first-order chi connectivity index (χ1) is 13.2. The van der Waals surface area contributed by atoms with Crippen LogP contribution in [0, 0.1) is 0 Å². The van der Waals surface area contributed by atoms with E-state index in [1.165, 1.54) is 4.57 Å². The normalized spacial score (nSPS) is 12.8. The average Bonchev–Trinajstić information content (AvgIpc) is 3.08. The van der Waals surface area contributed by atoms with E-state index in [9.17, 15) is 9.59 Å². The molecular formula is C19H22ClN5O3. The molecule has 1 aromatic carbocycles. The molecule has 0 saturated heterocycles. The molecule has 1 atom stereocenters. The van der Waals surface area contributed by atoms with Gasteiger partial charge in [0.25, 0.3) is 5.56 Å². The molecule has 0 fully saturated rings. The average molecular weight is 404 g/mol. The molecule has 2 N–H and O–H groups in total. The number of benzene rings is 1. The van der Waals surface area contributed by atoms with Crippen LogP contribution in [-0.4, -0.2) is 31.4 Å². The van der Waals surface area contributed by atoms with Crippen LogP contribution in [0.3, 0.4) is 0 Å². The van der Waals surface area contributed by atoms with Crippen molar-refractivity contribution in [1.82, 2.24) is 25.1 Å². The number of rotatable bonds is 4. The van der Waals surface area contributed by atoms with Crippen molar-refractivity contribution in [3.8, 4) is 0 Å². The summed E-state index contributed by atoms with van der Waals surface area (Å²) in [5.74, 6) is 0.389. The van der Waals surface area contributed by atoms with E-state index in [1.54, 1.807) is 58.2 Å². The lowest BCUT2D eigenvalue weighted by Gasteiger charge is -2.23. The summed E-state index contributed by atoms with van der Waals surface area (Å²) in [4.78, 5) is 30.0. The van der Waals surface area contributed by atoms with E-state index in [-0.39, 0.29) is 12.1 Å². The van der Waals surface area contributed by atoms with Gasteiger partial charge in [0.05, 0.1) is 34.2 Å². The number of nitrogens with one attached hydrogen (secondary N) is 2. The van der Waals surface area contributed by atoms with E-state index >= 15 is 0 Å². The molecule has 8 nitrogen and oxygen atoms in total. The SMILES string of the molecule is C[C@H](NC(=O)OC(C)(C)C)c1nc2cccc(Cl)c2c(=O)n1Cc1ccn[nH]1. The fourth-order valence-electron chi connectivity index (χ4n) is 2.82. The van der Waals surface area contributed by atoms with Gasteiger partial charge >= 0.3 is 6.09 Å². The fourth-order valence-corrected chi connectivity index (χ4v) is 3.07. The standard InChI is InChI=1S/C19H22ClN5O3/c1-11(22-18(27)28-19(2,3)4)16-23-14-7-5-6-13(20)15(14)17(26)25(16)10-12-8-9-21-24-12/h5-9,11H,10H2,1-4H3,(H,21,24)(H,22,27)/t11-/m0/s1. The van der Waals surface area contributed by atoms with Crippen LogP contribution < -0.4 is 10.9 Å². The lowest BCUT2D eigenvalue weighted by Crippen LogP contribution is -2.37. The van der Waals surface area contributed by atoms with Crippen molar-refractivity contribution in [2.24, 2.45) is 0 Å². The Bertz CT molecular complexity index is 1050. The number of aromatic nitrogens is 4. The highest BCUT2D eigenvalue weighted by atomic mass is 35.5. The number of H-pyrrole nitrogens is 1. The second-order valence-electron chi connectivity index (χ2n) is 7.45. The van der Waals surface area contributed by atoms with Crippen molar-refractivity contribution in [1.29, 1.82) is 0 Å². The first kappa shape index (κ1) is 19.9. The zero-order chi connectivity index (χ0) is 20.5. The minimum atomic E-state index is -0.635. The van der Waals surface area contributed by atoms with Crippen molar-refractivity contribution in [2.75, 3.05) is 0 Å². The highest BCUT2D eigenvalue weighted by molar-refractivity contribution is 6.35. The van der Waals surface area contributed by atoms with Crippen LogP contribution in [0.25, 0.3) is 10.9 Å². The number of carbonyl (C=O) groups excluding carboxylic acids is 1. The lowest BCUT2D eigenvalue weighted by molar-refractivity contribution is 0.0505. The summed E-state index contributed by atoms with van der Waals surface area (Å²) in [6.45, 7) is 7.29. The maximum absolute atomic E-state index is 13.2. The molecule has 0 bridgehead atoms. The Labute approximate surface area is 166 Å². The van der Waals surface area contributed by atoms with Crippen LogP contribution in [0.1, 0.15) is 45.3 Å². The maximum atomic E-state index is 13.2. The van der Waals surface area contributed by atoms with Gasteiger partial charge < -0.3 is 10.1 Å². The summed E-state index contributed by atoms with van der Waals surface area (Å²) in [7, 11) is 0. The Morgan fingerprint density at radius 2 is 2.11 bits per heavy atom. The number of hydrogen-bond donors (Lipinski definition) is 2. The van der Waals surface area contributed by atoms with Gasteiger partial charge in [-0.1, -0.05) is 17.7 Å². The van der Waals surface area contributed by atoms with Gasteiger partial charge in [0.15, 0.2) is 0 Å². The minimum absolute atomic E-state index is 0.211. The maximum Gasteiger partial charge on any atom is 0.408 e. The van der Waals surface area contributed by atoms with E-state index in [2.05, 4.69) is 20.5 Å². The van der Waals surface area contributed by atoms with Crippen LogP contribution in [0.4, 0.5) is 4.79 Å². The summed E-state index contributed by atoms with van der Waals surface area (Å²) in [6, 6.07) is 6.28. The Morgan fingerprint density at radius 1 is 1.36 bits per heavy atom. The molecule has 0 aliphatic rings.